The maximum absolute atomic E-state index is 12.7. The van der Waals surface area contributed by atoms with Gasteiger partial charge in [-0.25, -0.2) is 0 Å². The molecule has 2 N–H and O–H groups in total. The Morgan fingerprint density at radius 1 is 0.955 bits per heavy atom. The summed E-state index contributed by atoms with van der Waals surface area (Å²) in [6.07, 6.45) is 0. The van der Waals surface area contributed by atoms with E-state index in [1.54, 1.807) is 29.2 Å². The molecule has 0 radical (unpaired) electrons. The van der Waals surface area contributed by atoms with Gasteiger partial charge in [0, 0.05) is 18.7 Å². The van der Waals surface area contributed by atoms with Crippen LogP contribution in [0.15, 0.2) is 48.5 Å². The van der Waals surface area contributed by atoms with Gasteiger partial charge < -0.3 is 15.1 Å². The molecule has 0 spiro atoms. The molecule has 0 aliphatic carbocycles. The molecule has 116 valence electrons. The zero-order valence-corrected chi connectivity index (χ0v) is 12.9. The van der Waals surface area contributed by atoms with Gasteiger partial charge in [0.1, 0.15) is 11.5 Å². The summed E-state index contributed by atoms with van der Waals surface area (Å²) >= 11 is 0. The fourth-order valence-corrected chi connectivity index (χ4v) is 2.27. The highest BCUT2D eigenvalue weighted by Crippen LogP contribution is 2.17. The molecular formula is C18H21NO3. The number of carbonyl (C=O) groups excluding carboxylic acids is 1. The van der Waals surface area contributed by atoms with Gasteiger partial charge in [0.25, 0.3) is 5.91 Å². The standard InChI is InChI=1S/C18H21NO3/c1-13(2)11-19(12-14-3-7-16(20)8-4-14)18(22)15-5-9-17(21)10-6-15/h3-10,13,20-21H,11-12H2,1-2H3. The highest BCUT2D eigenvalue weighted by atomic mass is 16.3. The summed E-state index contributed by atoms with van der Waals surface area (Å²) in [6, 6.07) is 13.1. The van der Waals surface area contributed by atoms with Crippen molar-refractivity contribution >= 4 is 5.91 Å². The molecule has 4 nitrogen and oxygen atoms in total. The van der Waals surface area contributed by atoms with E-state index >= 15 is 0 Å². The lowest BCUT2D eigenvalue weighted by Gasteiger charge is -2.25. The van der Waals surface area contributed by atoms with Crippen LogP contribution in [0.25, 0.3) is 0 Å². The average Bonchev–Trinajstić information content (AvgIpc) is 2.48. The Morgan fingerprint density at radius 3 is 1.95 bits per heavy atom. The summed E-state index contributed by atoms with van der Waals surface area (Å²) in [5.41, 5.74) is 1.52. The molecule has 0 aliphatic heterocycles. The summed E-state index contributed by atoms with van der Waals surface area (Å²) in [4.78, 5) is 14.4. The maximum atomic E-state index is 12.7. The highest BCUT2D eigenvalue weighted by molar-refractivity contribution is 5.94. The molecule has 0 saturated heterocycles. The van der Waals surface area contributed by atoms with Gasteiger partial charge in [-0.3, -0.25) is 4.79 Å². The first-order chi connectivity index (χ1) is 10.5. The van der Waals surface area contributed by atoms with Gasteiger partial charge in [-0.1, -0.05) is 26.0 Å². The number of hydrogen-bond donors (Lipinski definition) is 2. The van der Waals surface area contributed by atoms with Gasteiger partial charge in [-0.15, -0.1) is 0 Å². The predicted molar refractivity (Wildman–Crippen MR) is 85.8 cm³/mol. The molecule has 0 heterocycles. The topological polar surface area (TPSA) is 60.8 Å². The number of benzene rings is 2. The van der Waals surface area contributed by atoms with Crippen LogP contribution in [0, 0.1) is 5.92 Å². The Kier molecular flexibility index (Phi) is 5.04. The van der Waals surface area contributed by atoms with Crippen molar-refractivity contribution in [3.8, 4) is 11.5 Å². The summed E-state index contributed by atoms with van der Waals surface area (Å²) in [7, 11) is 0. The minimum Gasteiger partial charge on any atom is -0.508 e. The molecule has 0 aromatic heterocycles. The third-order valence-corrected chi connectivity index (χ3v) is 3.30. The molecule has 1 amide bonds. The molecule has 0 unspecified atom stereocenters. The van der Waals surface area contributed by atoms with E-state index in [2.05, 4.69) is 13.8 Å². The van der Waals surface area contributed by atoms with E-state index in [-0.39, 0.29) is 17.4 Å². The Bertz CT molecular complexity index is 618. The van der Waals surface area contributed by atoms with Crippen LogP contribution in [0.5, 0.6) is 11.5 Å². The van der Waals surface area contributed by atoms with E-state index in [1.807, 2.05) is 12.1 Å². The van der Waals surface area contributed by atoms with Crippen molar-refractivity contribution in [3.05, 3.63) is 59.7 Å². The normalized spacial score (nSPS) is 10.7. The fraction of sp³-hybridized carbons (Fsp3) is 0.278. The molecule has 0 bridgehead atoms. The van der Waals surface area contributed by atoms with Gasteiger partial charge in [-0.05, 0) is 47.9 Å². The molecule has 2 rings (SSSR count). The quantitative estimate of drug-likeness (QED) is 0.889. The van der Waals surface area contributed by atoms with E-state index < -0.39 is 0 Å². The lowest BCUT2D eigenvalue weighted by molar-refractivity contribution is 0.0722. The Hall–Kier alpha value is -2.49. The first-order valence-electron chi connectivity index (χ1n) is 7.32. The fourth-order valence-electron chi connectivity index (χ4n) is 2.27. The van der Waals surface area contributed by atoms with Crippen LogP contribution in [0.3, 0.4) is 0 Å². The molecule has 0 saturated carbocycles. The predicted octanol–water partition coefficient (Wildman–Crippen LogP) is 3.40. The molecule has 4 heteroatoms. The van der Waals surface area contributed by atoms with Crippen LogP contribution >= 0.6 is 0 Å². The van der Waals surface area contributed by atoms with Gasteiger partial charge in [0.15, 0.2) is 0 Å². The van der Waals surface area contributed by atoms with Crippen LogP contribution in [0.4, 0.5) is 0 Å². The van der Waals surface area contributed by atoms with E-state index in [1.165, 1.54) is 12.1 Å². The molecule has 22 heavy (non-hydrogen) atoms. The van der Waals surface area contributed by atoms with E-state index in [0.717, 1.165) is 5.56 Å². The van der Waals surface area contributed by atoms with Crippen LogP contribution in [0.1, 0.15) is 29.8 Å². The summed E-state index contributed by atoms with van der Waals surface area (Å²) < 4.78 is 0. The average molecular weight is 299 g/mol. The van der Waals surface area contributed by atoms with Gasteiger partial charge in [0.05, 0.1) is 0 Å². The molecule has 0 fully saturated rings. The first-order valence-corrected chi connectivity index (χ1v) is 7.32. The highest BCUT2D eigenvalue weighted by Gasteiger charge is 2.17. The maximum Gasteiger partial charge on any atom is 0.254 e. The first kappa shape index (κ1) is 15.9. The van der Waals surface area contributed by atoms with Crippen molar-refractivity contribution in [2.75, 3.05) is 6.54 Å². The Labute approximate surface area is 130 Å². The zero-order valence-electron chi connectivity index (χ0n) is 12.9. The Morgan fingerprint density at radius 2 is 1.45 bits per heavy atom. The largest absolute Gasteiger partial charge is 0.508 e. The molecular weight excluding hydrogens is 278 g/mol. The third kappa shape index (κ3) is 4.25. The molecule has 0 atom stereocenters. The van der Waals surface area contributed by atoms with Crippen LogP contribution < -0.4 is 0 Å². The third-order valence-electron chi connectivity index (χ3n) is 3.30. The van der Waals surface area contributed by atoms with E-state index in [9.17, 15) is 15.0 Å². The van der Waals surface area contributed by atoms with Gasteiger partial charge in [0.2, 0.25) is 0 Å². The van der Waals surface area contributed by atoms with Crippen LogP contribution in [-0.2, 0) is 6.54 Å². The summed E-state index contributed by atoms with van der Waals surface area (Å²) in [6.45, 7) is 5.25. The number of nitrogens with zero attached hydrogens (tertiary/aromatic N) is 1. The van der Waals surface area contributed by atoms with Gasteiger partial charge >= 0.3 is 0 Å². The second-order valence-electron chi connectivity index (χ2n) is 5.79. The summed E-state index contributed by atoms with van der Waals surface area (Å²) in [5.74, 6) is 0.634. The number of phenols is 2. The van der Waals surface area contributed by atoms with Crippen molar-refractivity contribution < 1.29 is 15.0 Å². The summed E-state index contributed by atoms with van der Waals surface area (Å²) in [5, 5.41) is 18.7. The van der Waals surface area contributed by atoms with Crippen molar-refractivity contribution in [1.82, 2.24) is 4.90 Å². The van der Waals surface area contributed by atoms with Crippen molar-refractivity contribution in [1.29, 1.82) is 0 Å². The zero-order chi connectivity index (χ0) is 16.1. The SMILES string of the molecule is CC(C)CN(Cc1ccc(O)cc1)C(=O)c1ccc(O)cc1. The number of aromatic hydroxyl groups is 2. The lowest BCUT2D eigenvalue weighted by atomic mass is 10.1. The minimum atomic E-state index is -0.0678. The van der Waals surface area contributed by atoms with E-state index in [0.29, 0.717) is 24.6 Å². The van der Waals surface area contributed by atoms with Crippen molar-refractivity contribution in [2.45, 2.75) is 20.4 Å². The second kappa shape index (κ2) is 6.98. The molecule has 2 aromatic carbocycles. The number of hydrogen-bond acceptors (Lipinski definition) is 3. The number of amides is 1. The smallest absolute Gasteiger partial charge is 0.254 e. The van der Waals surface area contributed by atoms with Crippen molar-refractivity contribution in [2.24, 2.45) is 5.92 Å². The molecule has 0 aliphatic rings. The number of carbonyl (C=O) groups is 1. The number of rotatable bonds is 5. The van der Waals surface area contributed by atoms with Crippen molar-refractivity contribution in [3.63, 3.8) is 0 Å². The monoisotopic (exact) mass is 299 g/mol. The van der Waals surface area contributed by atoms with E-state index in [4.69, 9.17) is 0 Å². The van der Waals surface area contributed by atoms with Crippen LogP contribution in [0.2, 0.25) is 0 Å². The second-order valence-corrected chi connectivity index (χ2v) is 5.79. The lowest BCUT2D eigenvalue weighted by Crippen LogP contribution is -2.33. The molecule has 2 aromatic rings. The Balaban J connectivity index is 2.19. The number of phenolic OH excluding ortho intramolecular Hbond substituents is 2. The van der Waals surface area contributed by atoms with Crippen LogP contribution in [-0.4, -0.2) is 27.6 Å². The minimum absolute atomic E-state index is 0.0678. The van der Waals surface area contributed by atoms with Gasteiger partial charge in [-0.2, -0.15) is 0 Å².